The minimum atomic E-state index is -0.417. The Balaban J connectivity index is 1.74. The Morgan fingerprint density at radius 1 is 1.12 bits per heavy atom. The summed E-state index contributed by atoms with van der Waals surface area (Å²) in [6.45, 7) is 4.21. The SMILES string of the molecule is Cc1nn(Cc2ccccc2Cl)c(C)c1NC(=O)Nc1ccc(F)cc1. The molecule has 7 heteroatoms. The van der Waals surface area contributed by atoms with Crippen molar-refractivity contribution in [2.75, 3.05) is 10.6 Å². The van der Waals surface area contributed by atoms with Crippen LogP contribution in [-0.4, -0.2) is 15.8 Å². The van der Waals surface area contributed by atoms with Crippen LogP contribution in [0.3, 0.4) is 0 Å². The lowest BCUT2D eigenvalue weighted by Gasteiger charge is -2.09. The molecule has 0 spiro atoms. The lowest BCUT2D eigenvalue weighted by Crippen LogP contribution is -2.20. The van der Waals surface area contributed by atoms with Crippen LogP contribution in [0, 0.1) is 19.7 Å². The van der Waals surface area contributed by atoms with Crippen LogP contribution < -0.4 is 10.6 Å². The Morgan fingerprint density at radius 3 is 2.50 bits per heavy atom. The summed E-state index contributed by atoms with van der Waals surface area (Å²) in [5, 5.41) is 10.6. The van der Waals surface area contributed by atoms with Gasteiger partial charge in [0.15, 0.2) is 0 Å². The van der Waals surface area contributed by atoms with Crippen molar-refractivity contribution in [1.82, 2.24) is 9.78 Å². The van der Waals surface area contributed by atoms with Crippen molar-refractivity contribution in [3.63, 3.8) is 0 Å². The normalized spacial score (nSPS) is 10.6. The van der Waals surface area contributed by atoms with E-state index in [1.165, 1.54) is 24.3 Å². The van der Waals surface area contributed by atoms with Crippen LogP contribution in [0.15, 0.2) is 48.5 Å². The Labute approximate surface area is 155 Å². The molecule has 134 valence electrons. The molecule has 0 aliphatic carbocycles. The molecule has 0 aliphatic rings. The van der Waals surface area contributed by atoms with Gasteiger partial charge >= 0.3 is 6.03 Å². The molecule has 2 aromatic carbocycles. The molecule has 2 amide bonds. The largest absolute Gasteiger partial charge is 0.323 e. The van der Waals surface area contributed by atoms with E-state index in [4.69, 9.17) is 11.6 Å². The Kier molecular flexibility index (Phi) is 5.23. The quantitative estimate of drug-likeness (QED) is 0.678. The van der Waals surface area contributed by atoms with Gasteiger partial charge < -0.3 is 10.6 Å². The highest BCUT2D eigenvalue weighted by Gasteiger charge is 2.15. The van der Waals surface area contributed by atoms with E-state index in [0.717, 1.165) is 11.3 Å². The average Bonchev–Trinajstić information content (AvgIpc) is 2.86. The highest BCUT2D eigenvalue weighted by Crippen LogP contribution is 2.23. The molecular weight excluding hydrogens is 355 g/mol. The van der Waals surface area contributed by atoms with Crippen molar-refractivity contribution in [3.8, 4) is 0 Å². The summed E-state index contributed by atoms with van der Waals surface area (Å²) >= 11 is 6.21. The first-order valence-corrected chi connectivity index (χ1v) is 8.43. The van der Waals surface area contributed by atoms with Crippen molar-refractivity contribution >= 4 is 29.0 Å². The van der Waals surface area contributed by atoms with Gasteiger partial charge in [0.2, 0.25) is 0 Å². The molecule has 3 rings (SSSR count). The third-order valence-corrected chi connectivity index (χ3v) is 4.37. The predicted molar refractivity (Wildman–Crippen MR) is 101 cm³/mol. The lowest BCUT2D eigenvalue weighted by molar-refractivity contribution is 0.262. The molecular formula is C19H18ClFN4O. The second-order valence-electron chi connectivity index (χ2n) is 5.88. The van der Waals surface area contributed by atoms with Crippen molar-refractivity contribution in [1.29, 1.82) is 0 Å². The first-order chi connectivity index (χ1) is 12.4. The fraction of sp³-hybridized carbons (Fsp3) is 0.158. The number of hydrogen-bond donors (Lipinski definition) is 2. The second-order valence-corrected chi connectivity index (χ2v) is 6.29. The smallest absolute Gasteiger partial charge is 0.308 e. The van der Waals surface area contributed by atoms with Gasteiger partial charge in [-0.3, -0.25) is 4.68 Å². The van der Waals surface area contributed by atoms with Gasteiger partial charge in [0.05, 0.1) is 23.6 Å². The van der Waals surface area contributed by atoms with Crippen molar-refractivity contribution < 1.29 is 9.18 Å². The van der Waals surface area contributed by atoms with Gasteiger partial charge in [-0.2, -0.15) is 5.10 Å². The first-order valence-electron chi connectivity index (χ1n) is 8.05. The lowest BCUT2D eigenvalue weighted by atomic mass is 10.2. The number of amides is 2. The van der Waals surface area contributed by atoms with E-state index in [-0.39, 0.29) is 5.82 Å². The molecule has 0 unspecified atom stereocenters. The number of aromatic nitrogens is 2. The maximum absolute atomic E-state index is 12.9. The zero-order chi connectivity index (χ0) is 18.7. The minimum absolute atomic E-state index is 0.358. The van der Waals surface area contributed by atoms with Gasteiger partial charge in [-0.1, -0.05) is 29.8 Å². The number of carbonyl (C=O) groups is 1. The number of aryl methyl sites for hydroxylation is 1. The zero-order valence-electron chi connectivity index (χ0n) is 14.4. The fourth-order valence-corrected chi connectivity index (χ4v) is 2.82. The van der Waals surface area contributed by atoms with Gasteiger partial charge in [-0.25, -0.2) is 9.18 Å². The van der Waals surface area contributed by atoms with Crippen molar-refractivity contribution in [3.05, 3.63) is 76.3 Å². The van der Waals surface area contributed by atoms with Crippen LogP contribution in [0.2, 0.25) is 5.02 Å². The van der Waals surface area contributed by atoms with Crippen molar-refractivity contribution in [2.45, 2.75) is 20.4 Å². The Bertz CT molecular complexity index is 937. The van der Waals surface area contributed by atoms with E-state index < -0.39 is 6.03 Å². The molecule has 26 heavy (non-hydrogen) atoms. The van der Waals surface area contributed by atoms with Gasteiger partial charge in [-0.15, -0.1) is 0 Å². The molecule has 1 aromatic heterocycles. The second kappa shape index (κ2) is 7.58. The van der Waals surface area contributed by atoms with Gasteiger partial charge in [0.25, 0.3) is 0 Å². The van der Waals surface area contributed by atoms with E-state index in [0.29, 0.717) is 28.6 Å². The molecule has 1 heterocycles. The highest BCUT2D eigenvalue weighted by atomic mass is 35.5. The molecule has 0 radical (unpaired) electrons. The fourth-order valence-electron chi connectivity index (χ4n) is 2.63. The summed E-state index contributed by atoms with van der Waals surface area (Å²) in [6.07, 6.45) is 0. The Morgan fingerprint density at radius 2 is 1.81 bits per heavy atom. The standard InChI is InChI=1S/C19H18ClFN4O/c1-12-18(23-19(26)22-16-9-7-15(21)8-10-16)13(2)25(24-12)11-14-5-3-4-6-17(14)20/h3-10H,11H2,1-2H3,(H2,22,23,26). The third-order valence-electron chi connectivity index (χ3n) is 4.00. The number of nitrogens with one attached hydrogen (secondary N) is 2. The summed E-state index contributed by atoms with van der Waals surface area (Å²) < 4.78 is 14.7. The number of urea groups is 1. The molecule has 5 nitrogen and oxygen atoms in total. The van der Waals surface area contributed by atoms with Crippen LogP contribution in [0.25, 0.3) is 0 Å². The highest BCUT2D eigenvalue weighted by molar-refractivity contribution is 6.31. The van der Waals surface area contributed by atoms with Crippen LogP contribution in [0.4, 0.5) is 20.6 Å². The average molecular weight is 373 g/mol. The van der Waals surface area contributed by atoms with Crippen LogP contribution >= 0.6 is 11.6 Å². The van der Waals surface area contributed by atoms with E-state index in [1.54, 1.807) is 4.68 Å². The summed E-state index contributed by atoms with van der Waals surface area (Å²) in [4.78, 5) is 12.2. The third kappa shape index (κ3) is 4.03. The van der Waals surface area contributed by atoms with E-state index >= 15 is 0 Å². The number of carbonyl (C=O) groups excluding carboxylic acids is 1. The molecule has 3 aromatic rings. The number of hydrogen-bond acceptors (Lipinski definition) is 2. The monoisotopic (exact) mass is 372 g/mol. The number of nitrogens with zero attached hydrogens (tertiary/aromatic N) is 2. The number of benzene rings is 2. The van der Waals surface area contributed by atoms with Gasteiger partial charge in [0.1, 0.15) is 5.82 Å². The first kappa shape index (κ1) is 17.9. The maximum atomic E-state index is 12.9. The summed E-state index contributed by atoms with van der Waals surface area (Å²) in [7, 11) is 0. The van der Waals surface area contributed by atoms with Crippen LogP contribution in [0.1, 0.15) is 17.0 Å². The van der Waals surface area contributed by atoms with Gasteiger partial charge in [0, 0.05) is 10.7 Å². The van der Waals surface area contributed by atoms with E-state index in [2.05, 4.69) is 15.7 Å². The number of halogens is 2. The molecule has 0 aliphatic heterocycles. The van der Waals surface area contributed by atoms with E-state index in [1.807, 2.05) is 38.1 Å². The van der Waals surface area contributed by atoms with Gasteiger partial charge in [-0.05, 0) is 49.7 Å². The van der Waals surface area contributed by atoms with Crippen molar-refractivity contribution in [2.24, 2.45) is 0 Å². The zero-order valence-corrected chi connectivity index (χ0v) is 15.1. The minimum Gasteiger partial charge on any atom is -0.308 e. The topological polar surface area (TPSA) is 59.0 Å². The maximum Gasteiger partial charge on any atom is 0.323 e. The molecule has 2 N–H and O–H groups in total. The van der Waals surface area contributed by atoms with Crippen LogP contribution in [-0.2, 0) is 6.54 Å². The summed E-state index contributed by atoms with van der Waals surface area (Å²) in [5.74, 6) is -0.358. The Hall–Kier alpha value is -2.86. The van der Waals surface area contributed by atoms with E-state index in [9.17, 15) is 9.18 Å². The molecule has 0 bridgehead atoms. The predicted octanol–water partition coefficient (Wildman–Crippen LogP) is 4.98. The molecule has 0 atom stereocenters. The molecule has 0 fully saturated rings. The number of anilines is 2. The molecule has 0 saturated heterocycles. The molecule has 0 saturated carbocycles. The van der Waals surface area contributed by atoms with Crippen LogP contribution in [0.5, 0.6) is 0 Å². The number of rotatable bonds is 4. The summed E-state index contributed by atoms with van der Waals surface area (Å²) in [5.41, 5.74) is 3.60. The summed E-state index contributed by atoms with van der Waals surface area (Å²) in [6, 6.07) is 12.7.